The third-order valence-electron chi connectivity index (χ3n) is 6.68. The van der Waals surface area contributed by atoms with Gasteiger partial charge in [-0.15, -0.1) is 0 Å². The van der Waals surface area contributed by atoms with Crippen LogP contribution in [0.1, 0.15) is 59.3 Å². The SMILES string of the molecule is CCCC1C(C)CCC2(C)C(C(=O)Cn3cccn3)CCC12. The van der Waals surface area contributed by atoms with Gasteiger partial charge in [0.25, 0.3) is 0 Å². The molecule has 2 aliphatic carbocycles. The number of hydrogen-bond donors (Lipinski definition) is 0. The molecule has 5 unspecified atom stereocenters. The Morgan fingerprint density at radius 2 is 2.18 bits per heavy atom. The molecule has 0 radical (unpaired) electrons. The summed E-state index contributed by atoms with van der Waals surface area (Å²) in [5, 5.41) is 4.21. The van der Waals surface area contributed by atoms with E-state index in [4.69, 9.17) is 0 Å². The van der Waals surface area contributed by atoms with Crippen LogP contribution in [0.3, 0.4) is 0 Å². The van der Waals surface area contributed by atoms with Gasteiger partial charge in [-0.1, -0.05) is 33.6 Å². The maximum atomic E-state index is 12.9. The number of fused-ring (bicyclic) bond motifs is 1. The Morgan fingerprint density at radius 1 is 1.36 bits per heavy atom. The zero-order chi connectivity index (χ0) is 15.7. The second kappa shape index (κ2) is 6.17. The number of hydrogen-bond acceptors (Lipinski definition) is 2. The molecule has 0 bridgehead atoms. The molecule has 0 amide bonds. The summed E-state index contributed by atoms with van der Waals surface area (Å²) >= 11 is 0. The van der Waals surface area contributed by atoms with Crippen molar-refractivity contribution in [2.45, 2.75) is 65.8 Å². The number of ketones is 1. The van der Waals surface area contributed by atoms with Gasteiger partial charge in [0.05, 0.1) is 6.54 Å². The second-order valence-corrected chi connectivity index (χ2v) is 7.88. The number of Topliss-reactive ketones (excluding diaryl/α,β-unsaturated/α-hetero) is 1. The van der Waals surface area contributed by atoms with Crippen LogP contribution < -0.4 is 0 Å². The maximum absolute atomic E-state index is 12.9. The van der Waals surface area contributed by atoms with E-state index in [1.807, 2.05) is 12.3 Å². The van der Waals surface area contributed by atoms with Crippen molar-refractivity contribution in [2.75, 3.05) is 0 Å². The van der Waals surface area contributed by atoms with Crippen molar-refractivity contribution in [2.24, 2.45) is 29.1 Å². The van der Waals surface area contributed by atoms with E-state index in [9.17, 15) is 4.79 Å². The highest BCUT2D eigenvalue weighted by Crippen LogP contribution is 2.59. The molecule has 1 heterocycles. The van der Waals surface area contributed by atoms with E-state index in [-0.39, 0.29) is 11.3 Å². The molecular weight excluding hydrogens is 272 g/mol. The molecule has 3 rings (SSSR count). The summed E-state index contributed by atoms with van der Waals surface area (Å²) in [4.78, 5) is 12.9. The zero-order valence-electron chi connectivity index (χ0n) is 14.3. The minimum absolute atomic E-state index is 0.233. The second-order valence-electron chi connectivity index (χ2n) is 7.88. The number of nitrogens with zero attached hydrogens (tertiary/aromatic N) is 2. The monoisotopic (exact) mass is 302 g/mol. The molecule has 0 saturated heterocycles. The third-order valence-corrected chi connectivity index (χ3v) is 6.68. The first-order valence-electron chi connectivity index (χ1n) is 9.06. The van der Waals surface area contributed by atoms with Gasteiger partial charge in [0.1, 0.15) is 0 Å². The van der Waals surface area contributed by atoms with Crippen LogP contribution >= 0.6 is 0 Å². The van der Waals surface area contributed by atoms with Gasteiger partial charge in [-0.05, 0) is 54.9 Å². The molecule has 2 saturated carbocycles. The molecule has 0 N–H and O–H groups in total. The van der Waals surface area contributed by atoms with E-state index in [1.54, 1.807) is 10.9 Å². The van der Waals surface area contributed by atoms with Gasteiger partial charge in [-0.25, -0.2) is 0 Å². The van der Waals surface area contributed by atoms with Crippen LogP contribution in [0.15, 0.2) is 18.5 Å². The van der Waals surface area contributed by atoms with E-state index in [2.05, 4.69) is 25.9 Å². The van der Waals surface area contributed by atoms with E-state index in [0.717, 1.165) is 24.2 Å². The average Bonchev–Trinajstić information content (AvgIpc) is 3.10. The van der Waals surface area contributed by atoms with Gasteiger partial charge in [0, 0.05) is 18.3 Å². The van der Waals surface area contributed by atoms with Crippen molar-refractivity contribution >= 4 is 5.78 Å². The Kier molecular flexibility index (Phi) is 4.42. The summed E-state index contributed by atoms with van der Waals surface area (Å²) in [6, 6.07) is 1.89. The summed E-state index contributed by atoms with van der Waals surface area (Å²) < 4.78 is 1.79. The topological polar surface area (TPSA) is 34.9 Å². The smallest absolute Gasteiger partial charge is 0.157 e. The molecule has 1 aromatic rings. The minimum atomic E-state index is 0.233. The number of carbonyl (C=O) groups excluding carboxylic acids is 1. The molecule has 122 valence electrons. The highest BCUT2D eigenvalue weighted by molar-refractivity contribution is 5.82. The maximum Gasteiger partial charge on any atom is 0.157 e. The Bertz CT molecular complexity index is 510. The van der Waals surface area contributed by atoms with Crippen LogP contribution in [0.25, 0.3) is 0 Å². The fourth-order valence-electron chi connectivity index (χ4n) is 5.49. The number of rotatable bonds is 5. The van der Waals surface area contributed by atoms with Gasteiger partial charge in [-0.3, -0.25) is 9.48 Å². The third kappa shape index (κ3) is 2.63. The molecule has 2 aliphatic rings. The van der Waals surface area contributed by atoms with Crippen molar-refractivity contribution in [1.29, 1.82) is 0 Å². The minimum Gasteiger partial charge on any atom is -0.297 e. The average molecular weight is 302 g/mol. The van der Waals surface area contributed by atoms with Crippen molar-refractivity contribution in [3.05, 3.63) is 18.5 Å². The van der Waals surface area contributed by atoms with Crippen molar-refractivity contribution in [3.63, 3.8) is 0 Å². The molecule has 5 atom stereocenters. The lowest BCUT2D eigenvalue weighted by Crippen LogP contribution is -2.43. The summed E-state index contributed by atoms with van der Waals surface area (Å²) in [5.74, 6) is 3.05. The van der Waals surface area contributed by atoms with Gasteiger partial charge < -0.3 is 0 Å². The highest BCUT2D eigenvalue weighted by atomic mass is 16.1. The highest BCUT2D eigenvalue weighted by Gasteiger charge is 2.54. The van der Waals surface area contributed by atoms with Gasteiger partial charge in [-0.2, -0.15) is 5.10 Å². The molecule has 3 heteroatoms. The Hall–Kier alpha value is -1.12. The van der Waals surface area contributed by atoms with E-state index in [1.165, 1.54) is 32.1 Å². The molecule has 22 heavy (non-hydrogen) atoms. The lowest BCUT2D eigenvalue weighted by atomic mass is 9.57. The number of aromatic nitrogens is 2. The van der Waals surface area contributed by atoms with Crippen LogP contribution in [0.2, 0.25) is 0 Å². The summed E-state index contributed by atoms with van der Waals surface area (Å²) in [7, 11) is 0. The van der Waals surface area contributed by atoms with Crippen LogP contribution in [0.4, 0.5) is 0 Å². The standard InChI is InChI=1S/C19H30N2O/c1-4-6-15-14(2)9-10-19(3)16(15)7-8-17(19)18(22)13-21-12-5-11-20-21/h5,11-12,14-17H,4,6-10,13H2,1-3H3. The molecule has 0 aromatic carbocycles. The Balaban J connectivity index is 1.76. The summed E-state index contributed by atoms with van der Waals surface area (Å²) in [6.45, 7) is 7.59. The fraction of sp³-hybridized carbons (Fsp3) is 0.789. The van der Waals surface area contributed by atoms with Crippen LogP contribution in [0.5, 0.6) is 0 Å². The predicted molar refractivity (Wildman–Crippen MR) is 88.4 cm³/mol. The largest absolute Gasteiger partial charge is 0.297 e. The van der Waals surface area contributed by atoms with Gasteiger partial charge in [0.2, 0.25) is 0 Å². The van der Waals surface area contributed by atoms with Crippen LogP contribution in [-0.4, -0.2) is 15.6 Å². The van der Waals surface area contributed by atoms with Crippen LogP contribution in [-0.2, 0) is 11.3 Å². The fourth-order valence-corrected chi connectivity index (χ4v) is 5.49. The molecule has 2 fully saturated rings. The summed E-state index contributed by atoms with van der Waals surface area (Å²) in [5.41, 5.74) is 0.233. The van der Waals surface area contributed by atoms with Gasteiger partial charge in [0.15, 0.2) is 5.78 Å². The zero-order valence-corrected chi connectivity index (χ0v) is 14.3. The molecule has 0 aliphatic heterocycles. The van der Waals surface area contributed by atoms with E-state index < -0.39 is 0 Å². The van der Waals surface area contributed by atoms with Gasteiger partial charge >= 0.3 is 0 Å². The first-order valence-corrected chi connectivity index (χ1v) is 9.06. The van der Waals surface area contributed by atoms with Crippen LogP contribution in [0, 0.1) is 29.1 Å². The molecule has 0 spiro atoms. The molecule has 1 aromatic heterocycles. The normalized spacial score (nSPS) is 38.0. The molecular formula is C19H30N2O. The van der Waals surface area contributed by atoms with E-state index in [0.29, 0.717) is 12.3 Å². The lowest BCUT2D eigenvalue weighted by Gasteiger charge is -2.47. The lowest BCUT2D eigenvalue weighted by molar-refractivity contribution is -0.129. The van der Waals surface area contributed by atoms with E-state index >= 15 is 0 Å². The summed E-state index contributed by atoms with van der Waals surface area (Å²) in [6.07, 6.45) is 11.1. The predicted octanol–water partition coefficient (Wildman–Crippen LogP) is 4.33. The Labute approximate surface area is 134 Å². The molecule has 3 nitrogen and oxygen atoms in total. The Morgan fingerprint density at radius 3 is 2.86 bits per heavy atom. The quantitative estimate of drug-likeness (QED) is 0.811. The van der Waals surface area contributed by atoms with Crippen molar-refractivity contribution in [3.8, 4) is 0 Å². The van der Waals surface area contributed by atoms with Crippen molar-refractivity contribution in [1.82, 2.24) is 9.78 Å². The first kappa shape index (κ1) is 15.8. The van der Waals surface area contributed by atoms with Crippen molar-refractivity contribution < 1.29 is 4.79 Å². The first-order chi connectivity index (χ1) is 10.6. The number of carbonyl (C=O) groups is 1.